The maximum absolute atomic E-state index is 12.7. The van der Waals surface area contributed by atoms with Gasteiger partial charge in [-0.3, -0.25) is 4.79 Å². The van der Waals surface area contributed by atoms with E-state index in [2.05, 4.69) is 5.32 Å². The number of ether oxygens (including phenoxy) is 1. The van der Waals surface area contributed by atoms with Crippen molar-refractivity contribution in [1.29, 1.82) is 0 Å². The van der Waals surface area contributed by atoms with E-state index in [0.29, 0.717) is 25.0 Å². The van der Waals surface area contributed by atoms with Gasteiger partial charge >= 0.3 is 12.1 Å². The molecule has 2 fully saturated rings. The van der Waals surface area contributed by atoms with Crippen LogP contribution in [0.2, 0.25) is 0 Å². The number of aliphatic carboxylic acids is 1. The van der Waals surface area contributed by atoms with Crippen molar-refractivity contribution in [3.8, 4) is 0 Å². The molecule has 2 amide bonds. The Hall–Kier alpha value is -2.22. The SMILES string of the molecule is O=C(N[C@H]1CCSC2CCC(C(=O)O)N2C1=O)OCc1ccccc1. The third kappa shape index (κ3) is 4.07. The van der Waals surface area contributed by atoms with Gasteiger partial charge in [0.05, 0.1) is 5.37 Å². The van der Waals surface area contributed by atoms with Crippen LogP contribution in [0.4, 0.5) is 4.79 Å². The second-order valence-corrected chi connectivity index (χ2v) is 7.34. The number of hydrogen-bond donors (Lipinski definition) is 2. The van der Waals surface area contributed by atoms with E-state index in [0.717, 1.165) is 5.56 Å². The maximum Gasteiger partial charge on any atom is 0.408 e. The summed E-state index contributed by atoms with van der Waals surface area (Å²) >= 11 is 1.57. The lowest BCUT2D eigenvalue weighted by molar-refractivity contribution is -0.149. The van der Waals surface area contributed by atoms with E-state index in [1.165, 1.54) is 4.90 Å². The van der Waals surface area contributed by atoms with Gasteiger partial charge in [-0.05, 0) is 30.6 Å². The van der Waals surface area contributed by atoms with E-state index in [1.54, 1.807) is 11.8 Å². The topological polar surface area (TPSA) is 95.9 Å². The summed E-state index contributed by atoms with van der Waals surface area (Å²) in [6.07, 6.45) is 0.905. The van der Waals surface area contributed by atoms with Crippen LogP contribution >= 0.6 is 11.8 Å². The van der Waals surface area contributed by atoms with Crippen LogP contribution in [-0.2, 0) is 20.9 Å². The minimum atomic E-state index is -0.997. The van der Waals surface area contributed by atoms with E-state index in [-0.39, 0.29) is 17.9 Å². The zero-order chi connectivity index (χ0) is 17.8. The highest BCUT2D eigenvalue weighted by Gasteiger charge is 2.45. The number of carboxylic acid groups (broad SMARTS) is 1. The van der Waals surface area contributed by atoms with Crippen LogP contribution in [0.1, 0.15) is 24.8 Å². The molecule has 2 unspecified atom stereocenters. The third-order valence-corrected chi connectivity index (χ3v) is 5.71. The average molecular weight is 364 g/mol. The smallest absolute Gasteiger partial charge is 0.408 e. The molecule has 2 saturated heterocycles. The third-order valence-electron chi connectivity index (χ3n) is 4.39. The molecule has 2 heterocycles. The molecule has 2 aliphatic heterocycles. The second-order valence-electron chi connectivity index (χ2n) is 6.05. The lowest BCUT2D eigenvalue weighted by atomic mass is 10.1. The number of hydrogen-bond acceptors (Lipinski definition) is 5. The molecule has 2 aliphatic rings. The Bertz CT molecular complexity index is 654. The summed E-state index contributed by atoms with van der Waals surface area (Å²) < 4.78 is 5.16. The minimum absolute atomic E-state index is 0.117. The molecule has 0 bridgehead atoms. The van der Waals surface area contributed by atoms with E-state index in [4.69, 9.17) is 4.74 Å². The number of carbonyl (C=O) groups excluding carboxylic acids is 2. The Balaban J connectivity index is 1.60. The number of amides is 2. The number of thioether (sulfide) groups is 1. The molecule has 0 aromatic heterocycles. The normalized spacial score (nSPS) is 25.8. The molecule has 7 nitrogen and oxygen atoms in total. The molecule has 3 atom stereocenters. The molecule has 134 valence electrons. The van der Waals surface area contributed by atoms with Crippen LogP contribution in [0.3, 0.4) is 0 Å². The summed E-state index contributed by atoms with van der Waals surface area (Å²) in [7, 11) is 0. The van der Waals surface area contributed by atoms with Gasteiger partial charge in [-0.15, -0.1) is 11.8 Å². The van der Waals surface area contributed by atoms with Crippen LogP contribution in [0, 0.1) is 0 Å². The summed E-state index contributed by atoms with van der Waals surface area (Å²) in [6.45, 7) is 0.117. The second kappa shape index (κ2) is 7.77. The zero-order valence-electron chi connectivity index (χ0n) is 13.6. The molecule has 0 aliphatic carbocycles. The molecule has 0 spiro atoms. The van der Waals surface area contributed by atoms with Gasteiger partial charge in [0, 0.05) is 0 Å². The number of fused-ring (bicyclic) bond motifs is 1. The highest BCUT2D eigenvalue weighted by molar-refractivity contribution is 7.99. The van der Waals surface area contributed by atoms with Crippen molar-refractivity contribution in [2.75, 3.05) is 5.75 Å². The van der Waals surface area contributed by atoms with Crippen LogP contribution < -0.4 is 5.32 Å². The first-order valence-corrected chi connectivity index (χ1v) is 9.25. The van der Waals surface area contributed by atoms with Crippen LogP contribution in [0.25, 0.3) is 0 Å². The van der Waals surface area contributed by atoms with Crippen molar-refractivity contribution in [2.24, 2.45) is 0 Å². The van der Waals surface area contributed by atoms with Gasteiger partial charge in [0.2, 0.25) is 5.91 Å². The molecule has 25 heavy (non-hydrogen) atoms. The molecule has 1 aromatic carbocycles. The lowest BCUT2D eigenvalue weighted by Crippen LogP contribution is -2.52. The van der Waals surface area contributed by atoms with Crippen molar-refractivity contribution >= 4 is 29.7 Å². The van der Waals surface area contributed by atoms with Gasteiger partial charge in [-0.1, -0.05) is 30.3 Å². The van der Waals surface area contributed by atoms with E-state index in [9.17, 15) is 19.5 Å². The van der Waals surface area contributed by atoms with Crippen molar-refractivity contribution in [3.05, 3.63) is 35.9 Å². The number of nitrogens with zero attached hydrogens (tertiary/aromatic N) is 1. The van der Waals surface area contributed by atoms with Gasteiger partial charge in [0.15, 0.2) is 0 Å². The quantitative estimate of drug-likeness (QED) is 0.846. The number of nitrogens with one attached hydrogen (secondary N) is 1. The largest absolute Gasteiger partial charge is 0.480 e. The number of carboxylic acids is 1. The average Bonchev–Trinajstić information content (AvgIpc) is 2.97. The van der Waals surface area contributed by atoms with Gasteiger partial charge in [-0.25, -0.2) is 9.59 Å². The summed E-state index contributed by atoms with van der Waals surface area (Å²) in [5.41, 5.74) is 0.853. The molecule has 3 rings (SSSR count). The Morgan fingerprint density at radius 3 is 2.72 bits per heavy atom. The first-order chi connectivity index (χ1) is 12.1. The summed E-state index contributed by atoms with van der Waals surface area (Å²) in [5.74, 6) is -0.650. The fourth-order valence-corrected chi connectivity index (χ4v) is 4.51. The van der Waals surface area contributed by atoms with E-state index in [1.807, 2.05) is 30.3 Å². The van der Waals surface area contributed by atoms with Crippen LogP contribution in [-0.4, -0.2) is 51.2 Å². The molecular formula is C17H20N2O5S. The van der Waals surface area contributed by atoms with E-state index >= 15 is 0 Å². The fourth-order valence-electron chi connectivity index (χ4n) is 3.15. The molecule has 0 radical (unpaired) electrons. The minimum Gasteiger partial charge on any atom is -0.480 e. The number of carbonyl (C=O) groups is 3. The predicted octanol–water partition coefficient (Wildman–Crippen LogP) is 1.82. The van der Waals surface area contributed by atoms with Crippen LogP contribution in [0.15, 0.2) is 30.3 Å². The van der Waals surface area contributed by atoms with Crippen molar-refractivity contribution < 1.29 is 24.2 Å². The highest BCUT2D eigenvalue weighted by atomic mass is 32.2. The first kappa shape index (κ1) is 17.6. The standard InChI is InChI=1S/C17H20N2O5S/c20-15-12(18-17(23)24-10-11-4-2-1-3-5-11)8-9-25-14-7-6-13(16(21)22)19(14)15/h1-5,12-14H,6-10H2,(H,18,23)(H,21,22)/t12-,13?,14?/m0/s1. The Morgan fingerprint density at radius 1 is 1.24 bits per heavy atom. The molecular weight excluding hydrogens is 344 g/mol. The summed E-state index contributed by atoms with van der Waals surface area (Å²) in [6, 6.07) is 7.69. The molecule has 2 N–H and O–H groups in total. The molecule has 8 heteroatoms. The monoisotopic (exact) mass is 364 g/mol. The van der Waals surface area contributed by atoms with Crippen molar-refractivity contribution in [3.63, 3.8) is 0 Å². The van der Waals surface area contributed by atoms with E-state index < -0.39 is 24.1 Å². The Morgan fingerprint density at radius 2 is 2.00 bits per heavy atom. The summed E-state index contributed by atoms with van der Waals surface area (Å²) in [4.78, 5) is 37.6. The molecule has 0 saturated carbocycles. The fraction of sp³-hybridized carbons (Fsp3) is 0.471. The highest BCUT2D eigenvalue weighted by Crippen LogP contribution is 2.35. The maximum atomic E-state index is 12.7. The Kier molecular flexibility index (Phi) is 5.47. The number of alkyl carbamates (subject to hydrolysis) is 1. The van der Waals surface area contributed by atoms with Gasteiger partial charge in [0.1, 0.15) is 18.7 Å². The predicted molar refractivity (Wildman–Crippen MR) is 91.9 cm³/mol. The Labute approximate surface area is 149 Å². The van der Waals surface area contributed by atoms with Crippen molar-refractivity contribution in [1.82, 2.24) is 10.2 Å². The zero-order valence-corrected chi connectivity index (χ0v) is 14.4. The van der Waals surface area contributed by atoms with Gasteiger partial charge in [0.25, 0.3) is 0 Å². The van der Waals surface area contributed by atoms with Crippen molar-refractivity contribution in [2.45, 2.75) is 43.3 Å². The first-order valence-electron chi connectivity index (χ1n) is 8.20. The van der Waals surface area contributed by atoms with Gasteiger partial charge < -0.3 is 20.1 Å². The summed E-state index contributed by atoms with van der Waals surface area (Å²) in [5, 5.41) is 11.8. The van der Waals surface area contributed by atoms with Crippen LogP contribution in [0.5, 0.6) is 0 Å². The lowest BCUT2D eigenvalue weighted by Gasteiger charge is -2.28. The van der Waals surface area contributed by atoms with Gasteiger partial charge in [-0.2, -0.15) is 0 Å². The number of rotatable bonds is 4. The molecule has 1 aromatic rings. The number of benzene rings is 1.